The Morgan fingerprint density at radius 2 is 1.64 bits per heavy atom. The number of nitrogens with one attached hydrogen (secondary N) is 2. The fourth-order valence-electron chi connectivity index (χ4n) is 2.70. The van der Waals surface area contributed by atoms with Gasteiger partial charge in [-0.25, -0.2) is 4.68 Å². The van der Waals surface area contributed by atoms with Crippen LogP contribution in [0.4, 0.5) is 0 Å². The van der Waals surface area contributed by atoms with Crippen LogP contribution in [0, 0.1) is 0 Å². The van der Waals surface area contributed by atoms with Crippen LogP contribution in [-0.4, -0.2) is 20.0 Å². The Hall–Kier alpha value is -2.83. The van der Waals surface area contributed by atoms with Gasteiger partial charge in [-0.1, -0.05) is 41.4 Å². The van der Waals surface area contributed by atoms with E-state index in [-0.39, 0.29) is 10.9 Å². The highest BCUT2D eigenvalue weighted by Gasteiger charge is 2.21. The van der Waals surface area contributed by atoms with E-state index in [1.807, 2.05) is 18.2 Å². The molecule has 0 aliphatic heterocycles. The van der Waals surface area contributed by atoms with Crippen LogP contribution in [0.2, 0.25) is 10.0 Å². The van der Waals surface area contributed by atoms with E-state index in [0.717, 1.165) is 0 Å². The molecule has 0 atom stereocenters. The number of benzene rings is 2. The van der Waals surface area contributed by atoms with Gasteiger partial charge in [-0.3, -0.25) is 19.8 Å². The molecule has 6 nitrogen and oxygen atoms in total. The molecular formula is C17H10Cl2N4O2. The number of halogens is 2. The summed E-state index contributed by atoms with van der Waals surface area (Å²) in [7, 11) is 0. The van der Waals surface area contributed by atoms with Crippen LogP contribution in [0.1, 0.15) is 0 Å². The molecule has 2 aromatic heterocycles. The summed E-state index contributed by atoms with van der Waals surface area (Å²) in [5.41, 5.74) is 0.714. The van der Waals surface area contributed by atoms with E-state index in [0.29, 0.717) is 27.0 Å². The molecule has 2 aromatic carbocycles. The smallest absolute Gasteiger partial charge is 0.267 e. The minimum atomic E-state index is -0.460. The van der Waals surface area contributed by atoms with E-state index in [4.69, 9.17) is 23.2 Å². The van der Waals surface area contributed by atoms with Crippen molar-refractivity contribution in [1.82, 2.24) is 20.0 Å². The van der Waals surface area contributed by atoms with Crippen molar-refractivity contribution in [3.63, 3.8) is 0 Å². The number of para-hydroxylation sites is 1. The molecule has 0 aliphatic rings. The third-order valence-corrected chi connectivity index (χ3v) is 4.35. The van der Waals surface area contributed by atoms with Crippen molar-refractivity contribution in [2.75, 3.05) is 0 Å². The van der Waals surface area contributed by atoms with Crippen molar-refractivity contribution >= 4 is 34.1 Å². The van der Waals surface area contributed by atoms with Gasteiger partial charge in [0.2, 0.25) is 0 Å². The van der Waals surface area contributed by atoms with E-state index in [9.17, 15) is 9.59 Å². The minimum absolute atomic E-state index is 0.149. The summed E-state index contributed by atoms with van der Waals surface area (Å²) in [6.07, 6.45) is 0. The Balaban J connectivity index is 2.15. The molecule has 0 saturated carbocycles. The standard InChI is InChI=1S/C17H10Cl2N4O2/c18-9-6-7-11(12(19)8-9)14-13-15(17(25)21-20-16(13)24)23(22-14)10-4-2-1-3-5-10/h1-8H,(H,20,24)(H,21,25). The second-order valence-corrected chi connectivity index (χ2v) is 6.20. The van der Waals surface area contributed by atoms with Crippen LogP contribution in [0.25, 0.3) is 27.8 Å². The molecule has 0 unspecified atom stereocenters. The number of aromatic amines is 2. The highest BCUT2D eigenvalue weighted by molar-refractivity contribution is 6.36. The first-order valence-electron chi connectivity index (χ1n) is 7.31. The molecule has 0 bridgehead atoms. The Morgan fingerprint density at radius 3 is 2.36 bits per heavy atom. The molecule has 2 heterocycles. The second kappa shape index (κ2) is 5.91. The number of nitrogens with zero attached hydrogens (tertiary/aromatic N) is 2. The van der Waals surface area contributed by atoms with Gasteiger partial charge in [0.1, 0.15) is 16.6 Å². The van der Waals surface area contributed by atoms with Crippen LogP contribution in [-0.2, 0) is 0 Å². The molecule has 4 aromatic rings. The minimum Gasteiger partial charge on any atom is -0.267 e. The van der Waals surface area contributed by atoms with E-state index >= 15 is 0 Å². The lowest BCUT2D eigenvalue weighted by Crippen LogP contribution is -2.20. The zero-order valence-corrected chi connectivity index (χ0v) is 14.1. The maximum absolute atomic E-state index is 12.4. The van der Waals surface area contributed by atoms with Gasteiger partial charge >= 0.3 is 0 Å². The first-order valence-corrected chi connectivity index (χ1v) is 8.06. The molecule has 0 aliphatic carbocycles. The van der Waals surface area contributed by atoms with Crippen LogP contribution < -0.4 is 11.1 Å². The number of hydrogen-bond donors (Lipinski definition) is 2. The molecule has 0 saturated heterocycles. The topological polar surface area (TPSA) is 83.5 Å². The summed E-state index contributed by atoms with van der Waals surface area (Å²) in [5, 5.41) is 10.1. The number of rotatable bonds is 2. The maximum atomic E-state index is 12.4. The van der Waals surface area contributed by atoms with Crippen molar-refractivity contribution in [3.05, 3.63) is 79.3 Å². The summed E-state index contributed by atoms with van der Waals surface area (Å²) >= 11 is 12.2. The monoisotopic (exact) mass is 372 g/mol. The Morgan fingerprint density at radius 1 is 0.920 bits per heavy atom. The third-order valence-electron chi connectivity index (χ3n) is 3.80. The first kappa shape index (κ1) is 15.7. The van der Waals surface area contributed by atoms with Crippen LogP contribution in [0.3, 0.4) is 0 Å². The summed E-state index contributed by atoms with van der Waals surface area (Å²) < 4.78 is 1.43. The van der Waals surface area contributed by atoms with Crippen LogP contribution in [0.15, 0.2) is 58.1 Å². The Labute approximate surface area is 150 Å². The van der Waals surface area contributed by atoms with E-state index in [2.05, 4.69) is 15.3 Å². The molecule has 0 radical (unpaired) electrons. The van der Waals surface area contributed by atoms with Gasteiger partial charge in [0.25, 0.3) is 11.1 Å². The lowest BCUT2D eigenvalue weighted by molar-refractivity contribution is 0.896. The average molecular weight is 373 g/mol. The van der Waals surface area contributed by atoms with Crippen molar-refractivity contribution in [3.8, 4) is 16.9 Å². The molecule has 0 fully saturated rings. The number of aromatic nitrogens is 4. The van der Waals surface area contributed by atoms with E-state index in [1.54, 1.807) is 30.3 Å². The number of fused-ring (bicyclic) bond motifs is 1. The first-order chi connectivity index (χ1) is 12.1. The van der Waals surface area contributed by atoms with Crippen molar-refractivity contribution < 1.29 is 0 Å². The zero-order valence-electron chi connectivity index (χ0n) is 12.6. The SMILES string of the molecule is O=c1[nH][nH]c(=O)c2c1c(-c1ccc(Cl)cc1Cl)nn2-c1ccccc1. The molecule has 124 valence electrons. The molecule has 2 N–H and O–H groups in total. The van der Waals surface area contributed by atoms with Gasteiger partial charge in [0.15, 0.2) is 0 Å². The van der Waals surface area contributed by atoms with Crippen molar-refractivity contribution in [1.29, 1.82) is 0 Å². The zero-order chi connectivity index (χ0) is 17.6. The lowest BCUT2D eigenvalue weighted by atomic mass is 10.1. The van der Waals surface area contributed by atoms with E-state index < -0.39 is 11.1 Å². The summed E-state index contributed by atoms with van der Waals surface area (Å²) in [5.74, 6) is 0. The molecule has 8 heteroatoms. The van der Waals surface area contributed by atoms with Gasteiger partial charge in [0, 0.05) is 10.6 Å². The Kier molecular flexibility index (Phi) is 3.71. The van der Waals surface area contributed by atoms with Gasteiger partial charge in [-0.15, -0.1) is 0 Å². The van der Waals surface area contributed by atoms with Gasteiger partial charge in [0.05, 0.1) is 10.7 Å². The largest absolute Gasteiger partial charge is 0.289 e. The molecule has 4 rings (SSSR count). The number of H-pyrrole nitrogens is 2. The van der Waals surface area contributed by atoms with Crippen LogP contribution in [0.5, 0.6) is 0 Å². The van der Waals surface area contributed by atoms with Gasteiger partial charge in [-0.05, 0) is 30.3 Å². The van der Waals surface area contributed by atoms with Gasteiger partial charge < -0.3 is 0 Å². The quantitative estimate of drug-likeness (QED) is 0.565. The van der Waals surface area contributed by atoms with Crippen molar-refractivity contribution in [2.45, 2.75) is 0 Å². The fourth-order valence-corrected chi connectivity index (χ4v) is 3.20. The number of hydrogen-bond acceptors (Lipinski definition) is 3. The highest BCUT2D eigenvalue weighted by atomic mass is 35.5. The normalized spacial score (nSPS) is 11.1. The fraction of sp³-hybridized carbons (Fsp3) is 0. The third kappa shape index (κ3) is 2.56. The summed E-state index contributed by atoms with van der Waals surface area (Å²) in [6, 6.07) is 14.0. The predicted octanol–water partition coefficient (Wildman–Crippen LogP) is 3.38. The summed E-state index contributed by atoms with van der Waals surface area (Å²) in [4.78, 5) is 24.8. The highest BCUT2D eigenvalue weighted by Crippen LogP contribution is 2.33. The van der Waals surface area contributed by atoms with Gasteiger partial charge in [-0.2, -0.15) is 5.10 Å². The molecule has 0 spiro atoms. The summed E-state index contributed by atoms with van der Waals surface area (Å²) in [6.45, 7) is 0. The predicted molar refractivity (Wildman–Crippen MR) is 97.8 cm³/mol. The van der Waals surface area contributed by atoms with E-state index in [1.165, 1.54) is 4.68 Å². The van der Waals surface area contributed by atoms with Crippen LogP contribution >= 0.6 is 23.2 Å². The Bertz CT molecular complexity index is 1210. The average Bonchev–Trinajstić information content (AvgIpc) is 3.01. The lowest BCUT2D eigenvalue weighted by Gasteiger charge is -2.02. The second-order valence-electron chi connectivity index (χ2n) is 5.35. The van der Waals surface area contributed by atoms with Crippen molar-refractivity contribution in [2.24, 2.45) is 0 Å². The molecular weight excluding hydrogens is 363 g/mol. The molecule has 0 amide bonds. The molecule has 25 heavy (non-hydrogen) atoms. The maximum Gasteiger partial charge on any atom is 0.289 e.